The van der Waals surface area contributed by atoms with E-state index in [0.717, 1.165) is 6.92 Å². The van der Waals surface area contributed by atoms with Crippen molar-refractivity contribution >= 4 is 11.9 Å². The molecule has 1 amide bonds. The highest BCUT2D eigenvalue weighted by atomic mass is 19.3. The largest absolute Gasteiger partial charge is 0.480 e. The third kappa shape index (κ3) is 2.18. The maximum Gasteiger partial charge on any atom is 0.326 e. The highest BCUT2D eigenvalue weighted by Gasteiger charge is 2.43. The Bertz CT molecular complexity index is 267. The summed E-state index contributed by atoms with van der Waals surface area (Å²) < 4.78 is 25.7. The third-order valence-corrected chi connectivity index (χ3v) is 2.25. The van der Waals surface area contributed by atoms with E-state index in [1.165, 1.54) is 0 Å². The van der Waals surface area contributed by atoms with Gasteiger partial charge in [0.25, 0.3) is 5.92 Å². The molecule has 0 spiro atoms. The predicted molar refractivity (Wildman–Crippen MR) is 43.0 cm³/mol. The number of amides is 1. The summed E-state index contributed by atoms with van der Waals surface area (Å²) in [6.07, 6.45) is -0.671. The Morgan fingerprint density at radius 3 is 2.50 bits per heavy atom. The fraction of sp³-hybridized carbons (Fsp3) is 0.750. The van der Waals surface area contributed by atoms with Gasteiger partial charge in [0, 0.05) is 13.3 Å². The fourth-order valence-electron chi connectivity index (χ4n) is 1.53. The van der Waals surface area contributed by atoms with Crippen molar-refractivity contribution in [3.05, 3.63) is 0 Å². The Morgan fingerprint density at radius 1 is 1.50 bits per heavy atom. The van der Waals surface area contributed by atoms with Gasteiger partial charge in [-0.05, 0) is 6.42 Å². The van der Waals surface area contributed by atoms with Gasteiger partial charge in [-0.25, -0.2) is 13.6 Å². The third-order valence-electron chi connectivity index (χ3n) is 2.25. The van der Waals surface area contributed by atoms with Crippen molar-refractivity contribution in [3.63, 3.8) is 0 Å². The van der Waals surface area contributed by atoms with E-state index in [9.17, 15) is 18.4 Å². The first-order valence-corrected chi connectivity index (χ1v) is 4.21. The van der Waals surface area contributed by atoms with Crippen LogP contribution in [0.1, 0.15) is 19.8 Å². The molecule has 80 valence electrons. The molecule has 0 aromatic heterocycles. The number of hydrogen-bond acceptors (Lipinski definition) is 2. The molecule has 1 rings (SSSR count). The number of nitrogens with zero attached hydrogens (tertiary/aromatic N) is 1. The number of carbonyl (C=O) groups is 2. The van der Waals surface area contributed by atoms with Crippen molar-refractivity contribution in [2.45, 2.75) is 31.7 Å². The fourth-order valence-corrected chi connectivity index (χ4v) is 1.53. The van der Waals surface area contributed by atoms with Gasteiger partial charge in [0.1, 0.15) is 6.04 Å². The molecule has 1 saturated heterocycles. The van der Waals surface area contributed by atoms with Gasteiger partial charge in [0.2, 0.25) is 5.91 Å². The summed E-state index contributed by atoms with van der Waals surface area (Å²) in [5.41, 5.74) is 0. The summed E-state index contributed by atoms with van der Waals surface area (Å²) in [7, 11) is 0. The van der Waals surface area contributed by atoms with Crippen LogP contribution in [0.4, 0.5) is 8.78 Å². The molecule has 0 bridgehead atoms. The van der Waals surface area contributed by atoms with Gasteiger partial charge >= 0.3 is 5.97 Å². The average Bonchev–Trinajstić information content (AvgIpc) is 2.01. The summed E-state index contributed by atoms with van der Waals surface area (Å²) in [6.45, 7) is 0.302. The summed E-state index contributed by atoms with van der Waals surface area (Å²) in [4.78, 5) is 22.3. The number of aliphatic carboxylic acids is 1. The molecule has 1 unspecified atom stereocenters. The quantitative estimate of drug-likeness (QED) is 0.689. The van der Waals surface area contributed by atoms with Crippen molar-refractivity contribution in [2.75, 3.05) is 6.54 Å². The van der Waals surface area contributed by atoms with Crippen LogP contribution in [0, 0.1) is 0 Å². The second kappa shape index (κ2) is 3.51. The molecule has 0 radical (unpaired) electrons. The number of piperidine rings is 1. The maximum absolute atomic E-state index is 12.9. The molecule has 1 fully saturated rings. The molecule has 1 heterocycles. The van der Waals surface area contributed by atoms with Crippen LogP contribution in [0.15, 0.2) is 0 Å². The second-order valence-electron chi connectivity index (χ2n) is 3.40. The minimum absolute atomic E-state index is 0.193. The van der Waals surface area contributed by atoms with Crippen LogP contribution in [-0.4, -0.2) is 40.4 Å². The van der Waals surface area contributed by atoms with Crippen LogP contribution >= 0.6 is 0 Å². The molecule has 0 aromatic carbocycles. The van der Waals surface area contributed by atoms with Crippen LogP contribution in [0.3, 0.4) is 0 Å². The Morgan fingerprint density at radius 2 is 2.07 bits per heavy atom. The van der Waals surface area contributed by atoms with E-state index in [1.54, 1.807) is 0 Å². The van der Waals surface area contributed by atoms with E-state index in [-0.39, 0.29) is 6.42 Å². The van der Waals surface area contributed by atoms with Gasteiger partial charge < -0.3 is 10.0 Å². The molecule has 14 heavy (non-hydrogen) atoms. The SMILES string of the molecule is CC(=O)N1CC(F)(F)CCC1C(=O)O. The molecule has 1 atom stereocenters. The lowest BCUT2D eigenvalue weighted by Crippen LogP contribution is -2.53. The molecule has 1 aliphatic heterocycles. The second-order valence-corrected chi connectivity index (χ2v) is 3.40. The van der Waals surface area contributed by atoms with Gasteiger partial charge in [-0.15, -0.1) is 0 Å². The van der Waals surface area contributed by atoms with Gasteiger partial charge in [0.05, 0.1) is 6.54 Å². The molecule has 4 nitrogen and oxygen atoms in total. The molecule has 1 N–H and O–H groups in total. The first-order valence-electron chi connectivity index (χ1n) is 4.21. The smallest absolute Gasteiger partial charge is 0.326 e. The van der Waals surface area contributed by atoms with Crippen LogP contribution in [-0.2, 0) is 9.59 Å². The maximum atomic E-state index is 12.9. The first kappa shape index (κ1) is 10.9. The zero-order chi connectivity index (χ0) is 10.9. The van der Waals surface area contributed by atoms with Crippen LogP contribution in [0.5, 0.6) is 0 Å². The number of carboxylic acids is 1. The number of carbonyl (C=O) groups excluding carboxylic acids is 1. The van der Waals surface area contributed by atoms with Crippen molar-refractivity contribution in [1.29, 1.82) is 0 Å². The number of alkyl halides is 2. The monoisotopic (exact) mass is 207 g/mol. The van der Waals surface area contributed by atoms with E-state index in [4.69, 9.17) is 5.11 Å². The summed E-state index contributed by atoms with van der Waals surface area (Å²) in [5, 5.41) is 8.69. The Balaban J connectivity index is 2.81. The van der Waals surface area contributed by atoms with E-state index in [2.05, 4.69) is 0 Å². The van der Waals surface area contributed by atoms with E-state index in [1.807, 2.05) is 0 Å². The van der Waals surface area contributed by atoms with Crippen molar-refractivity contribution < 1.29 is 23.5 Å². The predicted octanol–water partition coefficient (Wildman–Crippen LogP) is 0.717. The Kier molecular flexibility index (Phi) is 2.73. The van der Waals surface area contributed by atoms with Crippen LogP contribution < -0.4 is 0 Å². The number of rotatable bonds is 1. The first-order chi connectivity index (χ1) is 6.33. The molecule has 6 heteroatoms. The topological polar surface area (TPSA) is 57.6 Å². The zero-order valence-corrected chi connectivity index (χ0v) is 7.67. The number of likely N-dealkylation sites (tertiary alicyclic amines) is 1. The molecule has 0 aromatic rings. The average molecular weight is 207 g/mol. The van der Waals surface area contributed by atoms with Gasteiger partial charge in [-0.2, -0.15) is 0 Å². The van der Waals surface area contributed by atoms with E-state index in [0.29, 0.717) is 4.90 Å². The van der Waals surface area contributed by atoms with Gasteiger partial charge in [-0.3, -0.25) is 4.79 Å². The lowest BCUT2D eigenvalue weighted by atomic mass is 9.99. The number of halogens is 2. The molecule has 0 aliphatic carbocycles. The van der Waals surface area contributed by atoms with Crippen LogP contribution in [0.2, 0.25) is 0 Å². The van der Waals surface area contributed by atoms with E-state index < -0.39 is 36.8 Å². The standard InChI is InChI=1S/C8H11F2NO3/c1-5(12)11-4-8(9,10)3-2-6(11)7(13)14/h6H,2-4H2,1H3,(H,13,14). The zero-order valence-electron chi connectivity index (χ0n) is 7.67. The highest BCUT2D eigenvalue weighted by molar-refractivity contribution is 5.82. The summed E-state index contributed by atoms with van der Waals surface area (Å²) in [5.74, 6) is -4.81. The Hall–Kier alpha value is -1.20. The minimum Gasteiger partial charge on any atom is -0.480 e. The lowest BCUT2D eigenvalue weighted by molar-refractivity contribution is -0.161. The highest BCUT2D eigenvalue weighted by Crippen LogP contribution is 2.30. The van der Waals surface area contributed by atoms with Gasteiger partial charge in [0.15, 0.2) is 0 Å². The normalized spacial score (nSPS) is 25.9. The summed E-state index contributed by atoms with van der Waals surface area (Å²) >= 11 is 0. The molecule has 1 aliphatic rings. The van der Waals surface area contributed by atoms with Crippen molar-refractivity contribution in [1.82, 2.24) is 4.90 Å². The molecular weight excluding hydrogens is 196 g/mol. The van der Waals surface area contributed by atoms with Crippen molar-refractivity contribution in [3.8, 4) is 0 Å². The van der Waals surface area contributed by atoms with Crippen molar-refractivity contribution in [2.24, 2.45) is 0 Å². The van der Waals surface area contributed by atoms with E-state index >= 15 is 0 Å². The van der Waals surface area contributed by atoms with Gasteiger partial charge in [-0.1, -0.05) is 0 Å². The minimum atomic E-state index is -2.96. The lowest BCUT2D eigenvalue weighted by Gasteiger charge is -2.36. The Labute approximate surface area is 79.5 Å². The number of hydrogen-bond donors (Lipinski definition) is 1. The molecular formula is C8H11F2NO3. The molecule has 0 saturated carbocycles. The summed E-state index contributed by atoms with van der Waals surface area (Å²) in [6, 6.07) is -1.10. The van der Waals surface area contributed by atoms with Crippen LogP contribution in [0.25, 0.3) is 0 Å². The number of carboxylic acid groups (broad SMARTS) is 1.